The predicted octanol–water partition coefficient (Wildman–Crippen LogP) is -0.243. The molecule has 32 valence electrons. The molecule has 0 radical (unpaired) electrons. The molecule has 0 N–H and O–H groups in total. The molecule has 0 aromatic rings. The van der Waals surface area contributed by atoms with Crippen LogP contribution in [-0.2, 0) is 41.9 Å². The van der Waals surface area contributed by atoms with Gasteiger partial charge in [-0.2, -0.15) is 0 Å². The fourth-order valence-corrected chi connectivity index (χ4v) is 0. The summed E-state index contributed by atoms with van der Waals surface area (Å²) in [4.78, 5) is 0. The summed E-state index contributed by atoms with van der Waals surface area (Å²) in [5.41, 5.74) is 0. The fourth-order valence-electron chi connectivity index (χ4n) is 0. The molecule has 0 saturated carbocycles. The molecule has 4 heteroatoms. The van der Waals surface area contributed by atoms with Crippen LogP contribution in [0.1, 0.15) is 0 Å². The summed E-state index contributed by atoms with van der Waals surface area (Å²) in [6.07, 6.45) is 0. The Bertz CT molecular complexity index is 8.00. The molecule has 0 bridgehead atoms. The number of hydrogen-bond donors (Lipinski definition) is 0. The van der Waals surface area contributed by atoms with Crippen molar-refractivity contribution < 1.29 is 41.9 Å². The Morgan fingerprint density at radius 3 is 1.25 bits per heavy atom. The van der Waals surface area contributed by atoms with E-state index in [1.165, 1.54) is 19.2 Å². The first kappa shape index (κ1) is 8.83. The molecule has 0 spiro atoms. The first-order chi connectivity index (χ1) is 2.00. The van der Waals surface area contributed by atoms with Gasteiger partial charge in [-0.1, -0.05) is 0 Å². The normalized spacial score (nSPS) is 3.00. The van der Waals surface area contributed by atoms with Gasteiger partial charge in [-0.25, -0.2) is 0 Å². The summed E-state index contributed by atoms with van der Waals surface area (Å²) >= 11 is 4.12. The monoisotopic (exact) mass is 196 g/mol. The summed E-state index contributed by atoms with van der Waals surface area (Å²) in [7, 11) is 0. The molecule has 0 amide bonds. The van der Waals surface area contributed by atoms with Crippen molar-refractivity contribution in [1.29, 1.82) is 0 Å². The second kappa shape index (κ2) is 49.9. The molecule has 0 unspecified atom stereocenters. The first-order valence-electron chi connectivity index (χ1n) is 0.258. The third kappa shape index (κ3) is 14.9. The van der Waals surface area contributed by atoms with Gasteiger partial charge < -0.3 is 0 Å². The molecule has 0 aliphatic rings. The van der Waals surface area contributed by atoms with Crippen LogP contribution in [0, 0.1) is 0 Å². The second-order valence-electron chi connectivity index (χ2n) is 0. The summed E-state index contributed by atoms with van der Waals surface area (Å²) < 4.78 is 16.0. The van der Waals surface area contributed by atoms with Crippen molar-refractivity contribution in [3.8, 4) is 0 Å². The van der Waals surface area contributed by atoms with Gasteiger partial charge in [0, 0.05) is 0 Å². The molecule has 0 fully saturated rings. The topological polar surface area (TPSA) is 34.1 Å². The Kier molecular flexibility index (Phi) is 110. The van der Waals surface area contributed by atoms with E-state index in [1.54, 1.807) is 0 Å². The third-order valence-electron chi connectivity index (χ3n) is 0. The maximum atomic E-state index is 8.10. The van der Waals surface area contributed by atoms with Gasteiger partial charge >= 0.3 is 41.9 Å². The molecule has 0 saturated heterocycles. The Hall–Kier alpha value is 0.756. The molecule has 2 nitrogen and oxygen atoms in total. The Morgan fingerprint density at radius 1 is 1.25 bits per heavy atom. The number of hydrogen-bond acceptors (Lipinski definition) is 2. The predicted molar refractivity (Wildman–Crippen MR) is 1.37 cm³/mol. The minimum atomic E-state index is 1.50. The van der Waals surface area contributed by atoms with Gasteiger partial charge in [-0.15, -0.1) is 0 Å². The van der Waals surface area contributed by atoms with Crippen molar-refractivity contribution in [1.82, 2.24) is 0 Å². The summed E-state index contributed by atoms with van der Waals surface area (Å²) in [6, 6.07) is 0. The molecule has 0 aliphatic carbocycles. The van der Waals surface area contributed by atoms with Crippen LogP contribution < -0.4 is 0 Å². The summed E-state index contributed by atoms with van der Waals surface area (Å²) in [6.45, 7) is 0. The van der Waals surface area contributed by atoms with Gasteiger partial charge in [-0.05, 0) is 0 Å². The molecule has 0 heterocycles. The molecule has 4 heavy (non-hydrogen) atoms. The molecule has 0 aromatic carbocycles. The van der Waals surface area contributed by atoms with Crippen LogP contribution in [0.2, 0.25) is 0 Å². The van der Waals surface area contributed by atoms with Crippen LogP contribution in [0.15, 0.2) is 0 Å². The van der Waals surface area contributed by atoms with Crippen molar-refractivity contribution in [3.05, 3.63) is 0 Å². The fraction of sp³-hybridized carbons (Fsp3) is 0. The van der Waals surface area contributed by atoms with E-state index in [-0.39, 0.29) is 0 Å². The Morgan fingerprint density at radius 2 is 1.25 bits per heavy atom. The summed E-state index contributed by atoms with van der Waals surface area (Å²) in [5.74, 6) is 0. The van der Waals surface area contributed by atoms with Crippen molar-refractivity contribution in [2.24, 2.45) is 0 Å². The van der Waals surface area contributed by atoms with Gasteiger partial charge in [0.2, 0.25) is 0 Å². The van der Waals surface area contributed by atoms with Crippen LogP contribution in [0.25, 0.3) is 0 Å². The average molecular weight is 197 g/mol. The molecular formula is NiO2Pd. The third-order valence-corrected chi connectivity index (χ3v) is 0. The average Bonchev–Trinajstić information content (AvgIpc) is 1.50. The standard InChI is InChI=1S/Ni.2O.Pd. The quantitative estimate of drug-likeness (QED) is 0.502. The Balaban J connectivity index is 0. The van der Waals surface area contributed by atoms with Crippen LogP contribution in [0.5, 0.6) is 0 Å². The SMILES string of the molecule is [O]=[Ni].[O]=[Pd]. The minimum absolute atomic E-state index is 1.50. The van der Waals surface area contributed by atoms with Crippen LogP contribution in [-0.4, -0.2) is 0 Å². The van der Waals surface area contributed by atoms with E-state index >= 15 is 0 Å². The van der Waals surface area contributed by atoms with E-state index in [0.717, 1.165) is 0 Å². The van der Waals surface area contributed by atoms with E-state index in [9.17, 15) is 0 Å². The van der Waals surface area contributed by atoms with E-state index in [1.807, 2.05) is 0 Å². The molecule has 0 atom stereocenters. The van der Waals surface area contributed by atoms with E-state index in [4.69, 9.17) is 7.37 Å². The summed E-state index contributed by atoms with van der Waals surface area (Å²) in [5, 5.41) is 0. The van der Waals surface area contributed by atoms with Gasteiger partial charge in [0.25, 0.3) is 0 Å². The molecular weight excluding hydrogens is 197 g/mol. The second-order valence-corrected chi connectivity index (χ2v) is 0. The zero-order valence-electron chi connectivity index (χ0n) is 1.45. The zero-order valence-corrected chi connectivity index (χ0v) is 3.99. The van der Waals surface area contributed by atoms with Crippen molar-refractivity contribution in [3.63, 3.8) is 0 Å². The van der Waals surface area contributed by atoms with E-state index < -0.39 is 0 Å². The van der Waals surface area contributed by atoms with Gasteiger partial charge in [0.05, 0.1) is 0 Å². The van der Waals surface area contributed by atoms with E-state index in [2.05, 4.69) is 15.4 Å². The van der Waals surface area contributed by atoms with Gasteiger partial charge in [0.1, 0.15) is 0 Å². The van der Waals surface area contributed by atoms with Crippen molar-refractivity contribution in [2.75, 3.05) is 0 Å². The maximum absolute atomic E-state index is 8.10. The first-order valence-corrected chi connectivity index (χ1v) is 1.30. The van der Waals surface area contributed by atoms with Crippen LogP contribution >= 0.6 is 0 Å². The van der Waals surface area contributed by atoms with Crippen LogP contribution in [0.4, 0.5) is 0 Å². The molecule has 0 aliphatic heterocycles. The van der Waals surface area contributed by atoms with Gasteiger partial charge in [-0.3, -0.25) is 0 Å². The Labute approximate surface area is 42.2 Å². The molecule has 0 aromatic heterocycles. The van der Waals surface area contributed by atoms with E-state index in [0.29, 0.717) is 0 Å². The molecule has 0 rings (SSSR count). The van der Waals surface area contributed by atoms with Crippen LogP contribution in [0.3, 0.4) is 0 Å². The van der Waals surface area contributed by atoms with Gasteiger partial charge in [0.15, 0.2) is 0 Å². The van der Waals surface area contributed by atoms with Crippen molar-refractivity contribution in [2.45, 2.75) is 0 Å². The van der Waals surface area contributed by atoms with Crippen molar-refractivity contribution >= 4 is 0 Å². The zero-order chi connectivity index (χ0) is 4.00. The number of rotatable bonds is 0.